The molecule has 9 heteroatoms. The minimum Gasteiger partial charge on any atom is -0.397 e. The van der Waals surface area contributed by atoms with E-state index in [0.29, 0.717) is 28.3 Å². The third-order valence-corrected chi connectivity index (χ3v) is 7.69. The number of piperazine rings is 1. The molecule has 0 unspecified atom stereocenters. The Labute approximate surface area is 246 Å². The van der Waals surface area contributed by atoms with Crippen molar-refractivity contribution in [3.63, 3.8) is 0 Å². The third-order valence-electron chi connectivity index (χ3n) is 7.69. The van der Waals surface area contributed by atoms with E-state index in [2.05, 4.69) is 41.6 Å². The highest BCUT2D eigenvalue weighted by atomic mass is 16.1. The van der Waals surface area contributed by atoms with Gasteiger partial charge in [-0.15, -0.1) is 0 Å². The standard InChI is InChI=1S/C33H39N7O2/c1-21-25(7-6-8-27(21)38-31(41)22-9-11-23(12-10-22)33(2,3)4)28-20-39(5)32(42)30(37-28)36-24-13-14-29(26(34)19-24)40-17-15-35-16-18-40/h6-14,19-20,35H,15-18,34H2,1-5H3,(H,36,37)(H,38,41). The average Bonchev–Trinajstić information content (AvgIpc) is 2.96. The lowest BCUT2D eigenvalue weighted by Crippen LogP contribution is -2.43. The lowest BCUT2D eigenvalue weighted by molar-refractivity contribution is 0.102. The normalized spacial score (nSPS) is 13.6. The number of rotatable bonds is 6. The fraction of sp³-hybridized carbons (Fsp3) is 0.303. The van der Waals surface area contributed by atoms with Gasteiger partial charge in [-0.3, -0.25) is 9.59 Å². The van der Waals surface area contributed by atoms with Crippen molar-refractivity contribution in [2.45, 2.75) is 33.1 Å². The van der Waals surface area contributed by atoms with Gasteiger partial charge in [-0.25, -0.2) is 4.98 Å². The van der Waals surface area contributed by atoms with Crippen LogP contribution in [0.4, 0.5) is 28.6 Å². The maximum absolute atomic E-state index is 13.1. The summed E-state index contributed by atoms with van der Waals surface area (Å²) in [5.41, 5.74) is 13.1. The van der Waals surface area contributed by atoms with Crippen molar-refractivity contribution in [3.8, 4) is 11.3 Å². The van der Waals surface area contributed by atoms with Gasteiger partial charge >= 0.3 is 0 Å². The first-order valence-electron chi connectivity index (χ1n) is 14.2. The van der Waals surface area contributed by atoms with Crippen molar-refractivity contribution in [3.05, 3.63) is 93.9 Å². The van der Waals surface area contributed by atoms with Gasteiger partial charge in [0.25, 0.3) is 11.5 Å². The topological polar surface area (TPSA) is 117 Å². The van der Waals surface area contributed by atoms with E-state index in [-0.39, 0.29) is 22.7 Å². The Bertz CT molecular complexity index is 1660. The maximum atomic E-state index is 13.1. The molecule has 9 nitrogen and oxygen atoms in total. The van der Waals surface area contributed by atoms with E-state index < -0.39 is 0 Å². The maximum Gasteiger partial charge on any atom is 0.293 e. The highest BCUT2D eigenvalue weighted by Gasteiger charge is 2.18. The van der Waals surface area contributed by atoms with Crippen LogP contribution in [0.2, 0.25) is 0 Å². The molecular weight excluding hydrogens is 526 g/mol. The number of aryl methyl sites for hydroxylation is 1. The highest BCUT2D eigenvalue weighted by molar-refractivity contribution is 6.05. The van der Waals surface area contributed by atoms with Crippen LogP contribution in [-0.2, 0) is 12.5 Å². The first-order chi connectivity index (χ1) is 20.0. The van der Waals surface area contributed by atoms with E-state index in [1.807, 2.05) is 67.6 Å². The molecule has 1 aromatic heterocycles. The van der Waals surface area contributed by atoms with Crippen LogP contribution in [0.25, 0.3) is 11.3 Å². The molecule has 4 aromatic rings. The lowest BCUT2D eigenvalue weighted by Gasteiger charge is -2.30. The molecule has 3 aromatic carbocycles. The predicted octanol–water partition coefficient (Wildman–Crippen LogP) is 5.04. The number of carbonyl (C=O) groups excluding carboxylic acids is 1. The van der Waals surface area contributed by atoms with Gasteiger partial charge in [-0.05, 0) is 59.9 Å². The van der Waals surface area contributed by atoms with Gasteiger partial charge in [0.05, 0.1) is 17.1 Å². The van der Waals surface area contributed by atoms with Crippen LogP contribution in [0.15, 0.2) is 71.7 Å². The van der Waals surface area contributed by atoms with Crippen molar-refractivity contribution in [1.82, 2.24) is 14.9 Å². The fourth-order valence-electron chi connectivity index (χ4n) is 5.14. The number of anilines is 5. The first kappa shape index (κ1) is 28.9. The van der Waals surface area contributed by atoms with Crippen LogP contribution in [-0.4, -0.2) is 41.6 Å². The summed E-state index contributed by atoms with van der Waals surface area (Å²) in [7, 11) is 1.70. The Morgan fingerprint density at radius 2 is 1.74 bits per heavy atom. The molecule has 1 aliphatic rings. The van der Waals surface area contributed by atoms with Crippen molar-refractivity contribution in [2.75, 3.05) is 47.4 Å². The van der Waals surface area contributed by atoms with Gasteiger partial charge in [0.15, 0.2) is 5.82 Å². The van der Waals surface area contributed by atoms with Crippen LogP contribution in [0.3, 0.4) is 0 Å². The Kier molecular flexibility index (Phi) is 8.04. The fourth-order valence-corrected chi connectivity index (χ4v) is 5.14. The molecule has 0 spiro atoms. The summed E-state index contributed by atoms with van der Waals surface area (Å²) >= 11 is 0. The van der Waals surface area contributed by atoms with Crippen molar-refractivity contribution in [2.24, 2.45) is 7.05 Å². The summed E-state index contributed by atoms with van der Waals surface area (Å²) in [6, 6.07) is 19.1. The number of nitrogens with zero attached hydrogens (tertiary/aromatic N) is 3. The number of benzene rings is 3. The van der Waals surface area contributed by atoms with E-state index in [1.165, 1.54) is 10.1 Å². The lowest BCUT2D eigenvalue weighted by atomic mass is 9.86. The number of nitrogen functional groups attached to an aromatic ring is 1. The quantitative estimate of drug-likeness (QED) is 0.242. The zero-order valence-electron chi connectivity index (χ0n) is 24.9. The minimum atomic E-state index is -0.260. The summed E-state index contributed by atoms with van der Waals surface area (Å²) < 4.78 is 1.50. The van der Waals surface area contributed by atoms with Gasteiger partial charge in [0.1, 0.15) is 0 Å². The molecular formula is C33H39N7O2. The van der Waals surface area contributed by atoms with Crippen LogP contribution in [0.5, 0.6) is 0 Å². The number of nitrogens with two attached hydrogens (primary N) is 1. The predicted molar refractivity (Wildman–Crippen MR) is 172 cm³/mol. The smallest absolute Gasteiger partial charge is 0.293 e. The van der Waals surface area contributed by atoms with Crippen LogP contribution < -0.4 is 32.1 Å². The summed E-state index contributed by atoms with van der Waals surface area (Å²) in [5.74, 6) is 0.00503. The molecule has 0 aliphatic carbocycles. The zero-order valence-corrected chi connectivity index (χ0v) is 24.9. The van der Waals surface area contributed by atoms with Gasteiger partial charge < -0.3 is 31.2 Å². The molecule has 218 valence electrons. The Hall–Kier alpha value is -4.63. The number of hydrogen-bond acceptors (Lipinski definition) is 7. The molecule has 5 N–H and O–H groups in total. The van der Waals surface area contributed by atoms with Crippen molar-refractivity contribution < 1.29 is 4.79 Å². The monoisotopic (exact) mass is 565 g/mol. The number of hydrogen-bond donors (Lipinski definition) is 4. The minimum absolute atomic E-state index is 0.0114. The molecule has 42 heavy (non-hydrogen) atoms. The van der Waals surface area contributed by atoms with Gasteiger partial charge in [0, 0.05) is 61.9 Å². The summed E-state index contributed by atoms with van der Waals surface area (Å²) in [6.07, 6.45) is 1.70. The van der Waals surface area contributed by atoms with Crippen LogP contribution >= 0.6 is 0 Å². The molecule has 0 atom stereocenters. The molecule has 0 saturated carbocycles. The van der Waals surface area contributed by atoms with Crippen LogP contribution in [0.1, 0.15) is 42.3 Å². The van der Waals surface area contributed by atoms with Crippen molar-refractivity contribution in [1.29, 1.82) is 0 Å². The molecule has 1 fully saturated rings. The Balaban J connectivity index is 1.39. The number of nitrogens with one attached hydrogen (secondary N) is 3. The second-order valence-corrected chi connectivity index (χ2v) is 11.8. The molecule has 0 bridgehead atoms. The molecule has 2 heterocycles. The highest BCUT2D eigenvalue weighted by Crippen LogP contribution is 2.30. The largest absolute Gasteiger partial charge is 0.397 e. The van der Waals surface area contributed by atoms with E-state index in [9.17, 15) is 9.59 Å². The molecule has 1 amide bonds. The second-order valence-electron chi connectivity index (χ2n) is 11.8. The van der Waals surface area contributed by atoms with Crippen LogP contribution in [0, 0.1) is 6.92 Å². The molecule has 0 radical (unpaired) electrons. The second kappa shape index (κ2) is 11.7. The van der Waals surface area contributed by atoms with E-state index in [0.717, 1.165) is 43.0 Å². The Morgan fingerprint density at radius 3 is 2.40 bits per heavy atom. The first-order valence-corrected chi connectivity index (χ1v) is 14.2. The molecule has 1 saturated heterocycles. The summed E-state index contributed by atoms with van der Waals surface area (Å²) in [4.78, 5) is 33.1. The van der Waals surface area contributed by atoms with E-state index in [4.69, 9.17) is 10.7 Å². The number of aromatic nitrogens is 2. The van der Waals surface area contributed by atoms with Crippen molar-refractivity contribution >= 4 is 34.5 Å². The zero-order chi connectivity index (χ0) is 30.0. The average molecular weight is 566 g/mol. The summed E-state index contributed by atoms with van der Waals surface area (Å²) in [6.45, 7) is 12.0. The Morgan fingerprint density at radius 1 is 1.02 bits per heavy atom. The van der Waals surface area contributed by atoms with Gasteiger partial charge in [-0.1, -0.05) is 45.0 Å². The van der Waals surface area contributed by atoms with Gasteiger partial charge in [-0.2, -0.15) is 0 Å². The summed E-state index contributed by atoms with van der Waals surface area (Å²) in [5, 5.41) is 9.56. The van der Waals surface area contributed by atoms with Gasteiger partial charge in [0.2, 0.25) is 0 Å². The third kappa shape index (κ3) is 6.16. The molecule has 5 rings (SSSR count). The number of carbonyl (C=O) groups is 1. The van der Waals surface area contributed by atoms with E-state index >= 15 is 0 Å². The number of amides is 1. The molecule has 1 aliphatic heterocycles. The SMILES string of the molecule is Cc1c(NC(=O)c2ccc(C(C)(C)C)cc2)cccc1-c1cn(C)c(=O)c(Nc2ccc(N3CCNCC3)c(N)c2)n1. The van der Waals surface area contributed by atoms with E-state index in [1.54, 1.807) is 13.2 Å².